The Morgan fingerprint density at radius 3 is 2.78 bits per heavy atom. The van der Waals surface area contributed by atoms with Crippen molar-refractivity contribution in [2.45, 2.75) is 13.8 Å². The van der Waals surface area contributed by atoms with Gasteiger partial charge >= 0.3 is 5.69 Å². The molecule has 0 saturated carbocycles. The highest BCUT2D eigenvalue weighted by atomic mass is 16.7. The second kappa shape index (κ2) is 7.15. The zero-order valence-electron chi connectivity index (χ0n) is 15.2. The Balaban J connectivity index is 1.75. The SMILES string of the molecule is CC(C)COc1ccccc1-c1cc(-c2ccc3c(c2)OCO3)nc(=O)[nH]1. The van der Waals surface area contributed by atoms with Crippen molar-refractivity contribution in [2.24, 2.45) is 5.92 Å². The van der Waals surface area contributed by atoms with E-state index in [0.29, 0.717) is 35.4 Å². The molecule has 27 heavy (non-hydrogen) atoms. The molecule has 0 atom stereocenters. The number of rotatable bonds is 5. The first-order valence-corrected chi connectivity index (χ1v) is 8.84. The number of nitrogens with zero attached hydrogens (tertiary/aromatic N) is 1. The molecule has 2 aromatic carbocycles. The fourth-order valence-electron chi connectivity index (χ4n) is 2.88. The van der Waals surface area contributed by atoms with E-state index in [9.17, 15) is 4.79 Å². The lowest BCUT2D eigenvalue weighted by Crippen LogP contribution is -2.12. The molecule has 0 spiro atoms. The van der Waals surface area contributed by atoms with E-state index >= 15 is 0 Å². The van der Waals surface area contributed by atoms with Crippen LogP contribution in [0.1, 0.15) is 13.8 Å². The molecule has 0 amide bonds. The van der Waals surface area contributed by atoms with Crippen LogP contribution in [0.3, 0.4) is 0 Å². The molecule has 1 aliphatic rings. The van der Waals surface area contributed by atoms with E-state index in [4.69, 9.17) is 14.2 Å². The van der Waals surface area contributed by atoms with Crippen molar-refractivity contribution < 1.29 is 14.2 Å². The standard InChI is InChI=1S/C21H20N2O4/c1-13(2)11-25-18-6-4-3-5-15(18)17-10-16(22-21(24)23-17)14-7-8-19-20(9-14)27-12-26-19/h3-10,13H,11-12H2,1-2H3,(H,22,23,24). The number of hydrogen-bond donors (Lipinski definition) is 1. The van der Waals surface area contributed by atoms with Crippen LogP contribution >= 0.6 is 0 Å². The van der Waals surface area contributed by atoms with Crippen molar-refractivity contribution in [2.75, 3.05) is 13.4 Å². The summed E-state index contributed by atoms with van der Waals surface area (Å²) in [6.45, 7) is 4.98. The molecule has 0 bridgehead atoms. The fraction of sp³-hybridized carbons (Fsp3) is 0.238. The molecule has 1 aromatic heterocycles. The van der Waals surface area contributed by atoms with Gasteiger partial charge in [-0.15, -0.1) is 0 Å². The highest BCUT2D eigenvalue weighted by molar-refractivity contribution is 5.72. The number of fused-ring (bicyclic) bond motifs is 1. The number of nitrogens with one attached hydrogen (secondary N) is 1. The molecule has 1 aliphatic heterocycles. The van der Waals surface area contributed by atoms with E-state index in [1.54, 1.807) is 0 Å². The maximum absolute atomic E-state index is 12.2. The molecule has 0 unspecified atom stereocenters. The molecule has 1 N–H and O–H groups in total. The highest BCUT2D eigenvalue weighted by Crippen LogP contribution is 2.36. The monoisotopic (exact) mass is 364 g/mol. The summed E-state index contributed by atoms with van der Waals surface area (Å²) in [4.78, 5) is 19.1. The minimum Gasteiger partial charge on any atom is -0.493 e. The van der Waals surface area contributed by atoms with Gasteiger partial charge in [0.15, 0.2) is 11.5 Å². The summed E-state index contributed by atoms with van der Waals surface area (Å²) in [5.41, 5.74) is 2.40. The second-order valence-electron chi connectivity index (χ2n) is 6.75. The lowest BCUT2D eigenvalue weighted by Gasteiger charge is -2.13. The van der Waals surface area contributed by atoms with E-state index in [2.05, 4.69) is 23.8 Å². The van der Waals surface area contributed by atoms with E-state index in [-0.39, 0.29) is 6.79 Å². The second-order valence-corrected chi connectivity index (χ2v) is 6.75. The number of para-hydroxylation sites is 1. The normalized spacial score (nSPS) is 12.4. The number of aromatic nitrogens is 2. The molecular formula is C21H20N2O4. The third-order valence-electron chi connectivity index (χ3n) is 4.16. The van der Waals surface area contributed by atoms with Crippen LogP contribution in [0.2, 0.25) is 0 Å². The quantitative estimate of drug-likeness (QED) is 0.744. The van der Waals surface area contributed by atoms with E-state index in [0.717, 1.165) is 16.9 Å². The first-order chi connectivity index (χ1) is 13.1. The van der Waals surface area contributed by atoms with Gasteiger partial charge in [-0.05, 0) is 42.3 Å². The lowest BCUT2D eigenvalue weighted by atomic mass is 10.1. The van der Waals surface area contributed by atoms with Crippen LogP contribution in [-0.2, 0) is 0 Å². The van der Waals surface area contributed by atoms with Gasteiger partial charge in [0.2, 0.25) is 6.79 Å². The number of benzene rings is 2. The van der Waals surface area contributed by atoms with Crippen LogP contribution in [0.25, 0.3) is 22.5 Å². The number of H-pyrrole nitrogens is 1. The minimum atomic E-state index is -0.418. The number of ether oxygens (including phenoxy) is 3. The molecule has 2 heterocycles. The summed E-state index contributed by atoms with van der Waals surface area (Å²) < 4.78 is 16.7. The van der Waals surface area contributed by atoms with E-state index in [1.807, 2.05) is 48.5 Å². The Hall–Kier alpha value is -3.28. The summed E-state index contributed by atoms with van der Waals surface area (Å²) >= 11 is 0. The van der Waals surface area contributed by atoms with Gasteiger partial charge in [0.05, 0.1) is 18.0 Å². The zero-order valence-corrected chi connectivity index (χ0v) is 15.2. The minimum absolute atomic E-state index is 0.202. The van der Waals surface area contributed by atoms with Crippen molar-refractivity contribution in [3.05, 3.63) is 59.0 Å². The number of hydrogen-bond acceptors (Lipinski definition) is 5. The number of aromatic amines is 1. The average molecular weight is 364 g/mol. The summed E-state index contributed by atoms with van der Waals surface area (Å²) in [5, 5.41) is 0. The molecule has 0 fully saturated rings. The molecule has 3 aromatic rings. The summed E-state index contributed by atoms with van der Waals surface area (Å²) in [7, 11) is 0. The summed E-state index contributed by atoms with van der Waals surface area (Å²) in [5.74, 6) is 2.47. The zero-order chi connectivity index (χ0) is 18.8. The van der Waals surface area contributed by atoms with Gasteiger partial charge in [-0.1, -0.05) is 26.0 Å². The van der Waals surface area contributed by atoms with Crippen molar-refractivity contribution in [3.8, 4) is 39.8 Å². The van der Waals surface area contributed by atoms with E-state index < -0.39 is 5.69 Å². The lowest BCUT2D eigenvalue weighted by molar-refractivity contribution is 0.174. The average Bonchev–Trinajstić information content (AvgIpc) is 3.14. The fourth-order valence-corrected chi connectivity index (χ4v) is 2.88. The van der Waals surface area contributed by atoms with Gasteiger partial charge in [0, 0.05) is 11.1 Å². The van der Waals surface area contributed by atoms with Crippen molar-refractivity contribution in [1.29, 1.82) is 0 Å². The first-order valence-electron chi connectivity index (χ1n) is 8.84. The maximum atomic E-state index is 12.2. The molecule has 0 radical (unpaired) electrons. The topological polar surface area (TPSA) is 73.4 Å². The van der Waals surface area contributed by atoms with Gasteiger partial charge in [0.25, 0.3) is 0 Å². The van der Waals surface area contributed by atoms with Crippen molar-refractivity contribution >= 4 is 0 Å². The predicted molar refractivity (Wildman–Crippen MR) is 102 cm³/mol. The van der Waals surface area contributed by atoms with Crippen LogP contribution < -0.4 is 19.9 Å². The Morgan fingerprint density at radius 1 is 1.11 bits per heavy atom. The van der Waals surface area contributed by atoms with Crippen LogP contribution in [0.4, 0.5) is 0 Å². The predicted octanol–water partition coefficient (Wildman–Crippen LogP) is 3.87. The molecule has 4 rings (SSSR count). The largest absolute Gasteiger partial charge is 0.493 e. The van der Waals surface area contributed by atoms with Crippen molar-refractivity contribution in [1.82, 2.24) is 9.97 Å². The van der Waals surface area contributed by atoms with Crippen LogP contribution in [0, 0.1) is 5.92 Å². The Kier molecular flexibility index (Phi) is 4.54. The third-order valence-corrected chi connectivity index (χ3v) is 4.16. The molecular weight excluding hydrogens is 344 g/mol. The van der Waals surface area contributed by atoms with Gasteiger partial charge < -0.3 is 19.2 Å². The van der Waals surface area contributed by atoms with Gasteiger partial charge in [0.1, 0.15) is 5.75 Å². The maximum Gasteiger partial charge on any atom is 0.345 e. The van der Waals surface area contributed by atoms with Crippen LogP contribution in [0.5, 0.6) is 17.2 Å². The van der Waals surface area contributed by atoms with Crippen LogP contribution in [-0.4, -0.2) is 23.4 Å². The summed E-state index contributed by atoms with van der Waals surface area (Å²) in [6, 6.07) is 15.0. The Bertz CT molecular complexity index is 1030. The van der Waals surface area contributed by atoms with Gasteiger partial charge in [-0.3, -0.25) is 0 Å². The summed E-state index contributed by atoms with van der Waals surface area (Å²) in [6.07, 6.45) is 0. The third kappa shape index (κ3) is 3.65. The van der Waals surface area contributed by atoms with Crippen molar-refractivity contribution in [3.63, 3.8) is 0 Å². The Labute approximate surface area is 156 Å². The molecule has 0 saturated heterocycles. The van der Waals surface area contributed by atoms with Crippen LogP contribution in [0.15, 0.2) is 53.3 Å². The molecule has 138 valence electrons. The molecule has 0 aliphatic carbocycles. The van der Waals surface area contributed by atoms with Gasteiger partial charge in [-0.2, -0.15) is 4.98 Å². The molecule has 6 nitrogen and oxygen atoms in total. The smallest absolute Gasteiger partial charge is 0.345 e. The molecule has 6 heteroatoms. The highest BCUT2D eigenvalue weighted by Gasteiger charge is 2.16. The van der Waals surface area contributed by atoms with Gasteiger partial charge in [-0.25, -0.2) is 4.79 Å². The Morgan fingerprint density at radius 2 is 1.93 bits per heavy atom. The van der Waals surface area contributed by atoms with E-state index in [1.165, 1.54) is 0 Å². The first kappa shape index (κ1) is 17.1.